The Morgan fingerprint density at radius 3 is 2.71 bits per heavy atom. The zero-order chi connectivity index (χ0) is 17.1. The van der Waals surface area contributed by atoms with Crippen LogP contribution >= 0.6 is 0 Å². The number of hydrogen-bond acceptors (Lipinski definition) is 3. The minimum absolute atomic E-state index is 0.0671. The van der Waals surface area contributed by atoms with Crippen LogP contribution in [0.15, 0.2) is 48.5 Å². The summed E-state index contributed by atoms with van der Waals surface area (Å²) in [6.07, 6.45) is -0.615. The Morgan fingerprint density at radius 2 is 1.96 bits per heavy atom. The summed E-state index contributed by atoms with van der Waals surface area (Å²) in [5.41, 5.74) is 0.0691. The molecule has 3 rings (SSSR count). The van der Waals surface area contributed by atoms with E-state index >= 15 is 0 Å². The summed E-state index contributed by atoms with van der Waals surface area (Å²) in [5, 5.41) is 9.87. The second-order valence-electron chi connectivity index (χ2n) is 5.72. The number of ether oxygens (including phenoxy) is 1. The van der Waals surface area contributed by atoms with Crippen LogP contribution in [0.4, 0.5) is 8.78 Å². The molecule has 1 heterocycles. The van der Waals surface area contributed by atoms with E-state index in [1.54, 1.807) is 24.3 Å². The highest BCUT2D eigenvalue weighted by Gasteiger charge is 2.36. The molecule has 0 unspecified atom stereocenters. The van der Waals surface area contributed by atoms with Crippen molar-refractivity contribution in [1.82, 2.24) is 4.90 Å². The van der Waals surface area contributed by atoms with E-state index in [1.807, 2.05) is 6.07 Å². The van der Waals surface area contributed by atoms with Crippen molar-refractivity contribution in [1.29, 1.82) is 0 Å². The number of halogens is 2. The van der Waals surface area contributed by atoms with E-state index in [-0.39, 0.29) is 31.0 Å². The first-order valence-corrected chi connectivity index (χ1v) is 7.65. The molecule has 0 radical (unpaired) electrons. The molecule has 0 bridgehead atoms. The molecule has 2 atom stereocenters. The average Bonchev–Trinajstić information content (AvgIpc) is 2.97. The number of nitrogens with zero attached hydrogens (tertiary/aromatic N) is 1. The standard InChI is InChI=1S/C18H17F2NO3/c19-12-6-7-16(20)15(8-12)17-9-13(22)10-21(17)18(23)11-24-14-4-2-1-3-5-14/h1-8,13,17,22H,9-11H2/t13-,17-/m0/s1. The average molecular weight is 333 g/mol. The highest BCUT2D eigenvalue weighted by Crippen LogP contribution is 2.34. The molecule has 0 spiro atoms. The largest absolute Gasteiger partial charge is 0.484 e. The molecule has 4 nitrogen and oxygen atoms in total. The van der Waals surface area contributed by atoms with Gasteiger partial charge in [0.15, 0.2) is 6.61 Å². The van der Waals surface area contributed by atoms with Crippen molar-refractivity contribution in [3.05, 3.63) is 65.7 Å². The molecule has 1 aliphatic rings. The third-order valence-corrected chi connectivity index (χ3v) is 4.02. The zero-order valence-electron chi connectivity index (χ0n) is 12.9. The van der Waals surface area contributed by atoms with E-state index in [2.05, 4.69) is 0 Å². The van der Waals surface area contributed by atoms with Gasteiger partial charge in [0.2, 0.25) is 0 Å². The third kappa shape index (κ3) is 3.54. The first-order valence-electron chi connectivity index (χ1n) is 7.65. The molecule has 1 aliphatic heterocycles. The summed E-state index contributed by atoms with van der Waals surface area (Å²) in [6.45, 7) is -0.165. The summed E-state index contributed by atoms with van der Waals surface area (Å²) in [4.78, 5) is 13.8. The van der Waals surface area contributed by atoms with Gasteiger partial charge in [-0.05, 0) is 36.8 Å². The number of rotatable bonds is 4. The molecule has 126 valence electrons. The zero-order valence-corrected chi connectivity index (χ0v) is 12.9. The van der Waals surface area contributed by atoms with E-state index < -0.39 is 23.8 Å². The van der Waals surface area contributed by atoms with Gasteiger partial charge in [0.25, 0.3) is 5.91 Å². The van der Waals surface area contributed by atoms with E-state index in [0.29, 0.717) is 5.75 Å². The number of aliphatic hydroxyl groups is 1. The van der Waals surface area contributed by atoms with Crippen molar-refractivity contribution in [3.8, 4) is 5.75 Å². The van der Waals surface area contributed by atoms with Gasteiger partial charge in [-0.15, -0.1) is 0 Å². The van der Waals surface area contributed by atoms with Crippen LogP contribution in [-0.4, -0.2) is 35.2 Å². The van der Waals surface area contributed by atoms with Crippen LogP contribution in [0, 0.1) is 11.6 Å². The topological polar surface area (TPSA) is 49.8 Å². The van der Waals surface area contributed by atoms with Gasteiger partial charge in [0, 0.05) is 12.1 Å². The van der Waals surface area contributed by atoms with Crippen LogP contribution in [0.25, 0.3) is 0 Å². The third-order valence-electron chi connectivity index (χ3n) is 4.02. The van der Waals surface area contributed by atoms with Crippen molar-refractivity contribution in [3.63, 3.8) is 0 Å². The van der Waals surface area contributed by atoms with Crippen LogP contribution in [0.3, 0.4) is 0 Å². The second kappa shape index (κ2) is 6.97. The fourth-order valence-electron chi connectivity index (χ4n) is 2.90. The Hall–Kier alpha value is -2.47. The predicted octanol–water partition coefficient (Wildman–Crippen LogP) is 2.68. The number of hydrogen-bond donors (Lipinski definition) is 1. The van der Waals surface area contributed by atoms with Crippen LogP contribution in [-0.2, 0) is 4.79 Å². The van der Waals surface area contributed by atoms with E-state index in [9.17, 15) is 18.7 Å². The SMILES string of the molecule is O=C(COc1ccccc1)N1C[C@@H](O)C[C@H]1c1cc(F)ccc1F. The molecule has 6 heteroatoms. The number of para-hydroxylation sites is 1. The van der Waals surface area contributed by atoms with Gasteiger partial charge in [-0.25, -0.2) is 8.78 Å². The number of carbonyl (C=O) groups excluding carboxylic acids is 1. The highest BCUT2D eigenvalue weighted by molar-refractivity contribution is 5.78. The van der Waals surface area contributed by atoms with Crippen molar-refractivity contribution in [2.24, 2.45) is 0 Å². The Bertz CT molecular complexity index is 723. The van der Waals surface area contributed by atoms with E-state index in [4.69, 9.17) is 4.74 Å². The molecule has 1 saturated heterocycles. The van der Waals surface area contributed by atoms with Gasteiger partial charge in [-0.2, -0.15) is 0 Å². The first-order chi connectivity index (χ1) is 11.5. The maximum atomic E-state index is 14.0. The van der Waals surface area contributed by atoms with Gasteiger partial charge < -0.3 is 14.7 Å². The predicted molar refractivity (Wildman–Crippen MR) is 83.4 cm³/mol. The maximum absolute atomic E-state index is 14.0. The van der Waals surface area contributed by atoms with Crippen molar-refractivity contribution in [2.45, 2.75) is 18.6 Å². The molecule has 0 aliphatic carbocycles. The highest BCUT2D eigenvalue weighted by atomic mass is 19.1. The lowest BCUT2D eigenvalue weighted by Gasteiger charge is -2.25. The lowest BCUT2D eigenvalue weighted by molar-refractivity contribution is -0.134. The summed E-state index contributed by atoms with van der Waals surface area (Å²) in [7, 11) is 0. The Balaban J connectivity index is 1.75. The van der Waals surface area contributed by atoms with Crippen molar-refractivity contribution >= 4 is 5.91 Å². The maximum Gasteiger partial charge on any atom is 0.261 e. The molecule has 1 amide bonds. The molecule has 1 fully saturated rings. The lowest BCUT2D eigenvalue weighted by Crippen LogP contribution is -2.35. The first kappa shape index (κ1) is 16.4. The van der Waals surface area contributed by atoms with Gasteiger partial charge in [0.05, 0.1) is 12.1 Å². The van der Waals surface area contributed by atoms with Crippen LogP contribution in [0.5, 0.6) is 5.75 Å². The fourth-order valence-corrected chi connectivity index (χ4v) is 2.90. The normalized spacial score (nSPS) is 20.2. The van der Waals surface area contributed by atoms with E-state index in [0.717, 1.165) is 18.2 Å². The molecule has 1 N–H and O–H groups in total. The minimum Gasteiger partial charge on any atom is -0.484 e. The van der Waals surface area contributed by atoms with Crippen LogP contribution < -0.4 is 4.74 Å². The lowest BCUT2D eigenvalue weighted by atomic mass is 10.0. The van der Waals surface area contributed by atoms with Crippen LogP contribution in [0.2, 0.25) is 0 Å². The fraction of sp³-hybridized carbons (Fsp3) is 0.278. The molecule has 24 heavy (non-hydrogen) atoms. The number of carbonyl (C=O) groups is 1. The molecule has 2 aromatic carbocycles. The monoisotopic (exact) mass is 333 g/mol. The molecular weight excluding hydrogens is 316 g/mol. The van der Waals surface area contributed by atoms with E-state index in [1.165, 1.54) is 4.90 Å². The second-order valence-corrected chi connectivity index (χ2v) is 5.72. The molecule has 0 aromatic heterocycles. The van der Waals surface area contributed by atoms with Crippen molar-refractivity contribution < 1.29 is 23.4 Å². The van der Waals surface area contributed by atoms with Gasteiger partial charge in [0.1, 0.15) is 17.4 Å². The number of aliphatic hydroxyl groups excluding tert-OH is 1. The molecular formula is C18H17F2NO3. The van der Waals surface area contributed by atoms with Gasteiger partial charge in [-0.1, -0.05) is 18.2 Å². The minimum atomic E-state index is -0.779. The summed E-state index contributed by atoms with van der Waals surface area (Å²) < 4.78 is 32.9. The van der Waals surface area contributed by atoms with Gasteiger partial charge in [-0.3, -0.25) is 4.79 Å². The smallest absolute Gasteiger partial charge is 0.261 e. The quantitative estimate of drug-likeness (QED) is 0.936. The van der Waals surface area contributed by atoms with Crippen molar-refractivity contribution in [2.75, 3.05) is 13.2 Å². The number of benzene rings is 2. The number of β-amino-alcohol motifs (C(OH)–C–C–N with tert-alkyl or cyclic N) is 1. The molecule has 0 saturated carbocycles. The Kier molecular flexibility index (Phi) is 4.76. The number of amides is 1. The Morgan fingerprint density at radius 1 is 1.21 bits per heavy atom. The Labute approximate surface area is 138 Å². The number of likely N-dealkylation sites (tertiary alicyclic amines) is 1. The van der Waals surface area contributed by atoms with Gasteiger partial charge >= 0.3 is 0 Å². The molecule has 2 aromatic rings. The van der Waals surface area contributed by atoms with Crippen LogP contribution in [0.1, 0.15) is 18.0 Å². The summed E-state index contributed by atoms with van der Waals surface area (Å²) in [6, 6.07) is 11.2. The summed E-state index contributed by atoms with van der Waals surface area (Å²) >= 11 is 0. The summed E-state index contributed by atoms with van der Waals surface area (Å²) in [5.74, 6) is -1.03.